The molecule has 0 fully saturated rings. The van der Waals surface area contributed by atoms with E-state index in [1.54, 1.807) is 0 Å². The molecule has 3 aromatic heterocycles. The van der Waals surface area contributed by atoms with E-state index in [1.165, 1.54) is 108 Å². The Morgan fingerprint density at radius 1 is 0.252 bits per heavy atom. The minimum absolute atomic E-state index is 0. The van der Waals surface area contributed by atoms with Gasteiger partial charge in [-0.05, 0) is 108 Å². The molecule has 0 aliphatic carbocycles. The Kier molecular flexibility index (Phi) is 53.4. The van der Waals surface area contributed by atoms with E-state index >= 15 is 0 Å². The molecule has 0 aliphatic rings. The van der Waals surface area contributed by atoms with Gasteiger partial charge < -0.3 is 15.0 Å². The van der Waals surface area contributed by atoms with Gasteiger partial charge >= 0.3 is 0 Å². The van der Waals surface area contributed by atoms with Crippen molar-refractivity contribution < 1.29 is 294 Å². The van der Waals surface area contributed by atoms with Gasteiger partial charge in [0, 0.05) is 311 Å². The van der Waals surface area contributed by atoms with Crippen LogP contribution in [0.3, 0.4) is 0 Å². The molecule has 0 unspecified atom stereocenters. The SMILES string of the molecule is CC.CC.CC(C)(C)/C=C/c1ccc2c(c1)[cH-]c1ccccc12.CC(C)(C)/C=C/c1ccc2c(c1)[n-]c1ccccc12.CC(C)(C)C#Cc1ccc2c(c1)[cH-]c1ccccc12.CC(C)(C)C#Cc1ccc2c(c1)[n-]c1ccccc12.CC(C)C.[Y].[Y].[Y].[Y].[Y].[Y].[Y].[Y].[Y].c1ccc2c(c1)[cH-]c1ccccc12.c1ccc2c(c1)[n-]c1ccccc12. The smallest absolute Gasteiger partial charge is 0.0234 e. The summed E-state index contributed by atoms with van der Waals surface area (Å²) in [6.45, 7) is 40.5. The maximum absolute atomic E-state index is 4.69. The second-order valence-corrected chi connectivity index (χ2v) is 32.5. The van der Waals surface area contributed by atoms with Gasteiger partial charge in [0.2, 0.25) is 0 Å². The van der Waals surface area contributed by atoms with Crippen molar-refractivity contribution in [1.82, 2.24) is 15.0 Å². The van der Waals surface area contributed by atoms with Crippen LogP contribution in [-0.4, -0.2) is 0 Å². The molecule has 0 spiro atoms. The summed E-state index contributed by atoms with van der Waals surface area (Å²) in [5.74, 6) is 13.9. The molecule has 12 heteroatoms. The third kappa shape index (κ3) is 34.3. The molecule has 3 heterocycles. The number of allylic oxidation sites excluding steroid dienone is 2. The molecule has 18 rings (SSSR count). The third-order valence-electron chi connectivity index (χ3n) is 17.7. The van der Waals surface area contributed by atoms with E-state index in [4.69, 9.17) is 0 Å². The second kappa shape index (κ2) is 55.2. The molecule has 18 aromatic rings. The summed E-state index contributed by atoms with van der Waals surface area (Å²) in [6.07, 6.45) is 8.89. The van der Waals surface area contributed by atoms with Crippen molar-refractivity contribution in [3.63, 3.8) is 0 Å². The molecule has 9 radical (unpaired) electrons. The van der Waals surface area contributed by atoms with Crippen molar-refractivity contribution in [3.8, 4) is 23.7 Å². The molecule has 0 aliphatic heterocycles. The van der Waals surface area contributed by atoms with E-state index in [1.807, 2.05) is 52.0 Å². The first-order valence-corrected chi connectivity index (χ1v) is 39.2. The first-order valence-electron chi connectivity index (χ1n) is 39.2. The van der Waals surface area contributed by atoms with Crippen LogP contribution in [0.15, 0.2) is 297 Å². The Bertz CT molecular complexity index is 5810. The molecular formula is C107H109N3Y9-6. The molecule has 15 aromatic carbocycles. The number of benzene rings is 12. The first-order chi connectivity index (χ1) is 52.7. The largest absolute Gasteiger partial charge is 0.657 e. The minimum atomic E-state index is 0. The molecule has 0 bridgehead atoms. The Labute approximate surface area is 937 Å². The molecule has 3 nitrogen and oxygen atoms in total. The number of aromatic nitrogens is 3. The van der Waals surface area contributed by atoms with E-state index < -0.39 is 0 Å². The van der Waals surface area contributed by atoms with Crippen LogP contribution in [-0.2, 0) is 294 Å². The zero-order valence-electron chi connectivity index (χ0n) is 73.6. The monoisotopic (exact) mass is 2240 g/mol. The van der Waals surface area contributed by atoms with Crippen molar-refractivity contribution in [2.75, 3.05) is 0 Å². The van der Waals surface area contributed by atoms with E-state index in [9.17, 15) is 0 Å². The summed E-state index contributed by atoms with van der Waals surface area (Å²) in [6, 6.07) is 99.9. The van der Waals surface area contributed by atoms with Crippen LogP contribution in [0.1, 0.15) is 154 Å². The van der Waals surface area contributed by atoms with Crippen molar-refractivity contribution in [2.24, 2.45) is 27.6 Å². The van der Waals surface area contributed by atoms with Crippen molar-refractivity contribution in [2.45, 2.75) is 132 Å². The fourth-order valence-electron chi connectivity index (χ4n) is 12.7. The second-order valence-electron chi connectivity index (χ2n) is 32.5. The Hall–Kier alpha value is -1.81. The zero-order chi connectivity index (χ0) is 78.8. The van der Waals surface area contributed by atoms with Gasteiger partial charge in [-0.25, -0.2) is 0 Å². The van der Waals surface area contributed by atoms with Gasteiger partial charge in [0.25, 0.3) is 0 Å². The Morgan fingerprint density at radius 3 is 0.807 bits per heavy atom. The number of fused-ring (bicyclic) bond motifs is 18. The van der Waals surface area contributed by atoms with Gasteiger partial charge in [0.1, 0.15) is 0 Å². The normalized spacial score (nSPS) is 10.6. The standard InChI is InChI=1S/C19H19.C19H17.C18H18N.C18H16N.C13H9.C12H8N.C4H10.2C2H6.9Y/c2*1-19(2,3)11-10-14-8-9-18-16(12-14)13-15-6-4-5-7-17(15)18;2*1-18(2,3)11-10-13-8-9-15-14-6-4-5-7-16(14)19-17(15)12-13;1-3-7-12-10(5-1)9-11-6-2-4-8-13(11)12;1-3-7-11-9(5-1)10-6-2-4-8-12(10)13-11;1-4(2)3;2*1-2;;;;;;;;;/h4-13H,1-3H3;4-9,12-13H,1-3H3;4-12H,1-3H3;4-9,12H,1-3H3;1-9H;1-8H;4H,1-3H3;2*1-2H3;;;;;;;;;/q6*-1;;;;;;;;;;;;/b11-10+;;11-10+;;;;;;;;;;;;;;;. The van der Waals surface area contributed by atoms with Gasteiger partial charge in [-0.15, -0.1) is 152 Å². The van der Waals surface area contributed by atoms with E-state index in [-0.39, 0.29) is 316 Å². The number of rotatable bonds is 2. The van der Waals surface area contributed by atoms with Crippen LogP contribution in [0, 0.1) is 51.3 Å². The fraction of sp³-hybridized carbons (Fsp3) is 0.224. The average molecular weight is 2240 g/mol. The van der Waals surface area contributed by atoms with E-state index in [0.29, 0.717) is 0 Å². The Morgan fingerprint density at radius 2 is 0.479 bits per heavy atom. The maximum atomic E-state index is 4.69. The summed E-state index contributed by atoms with van der Waals surface area (Å²) in [4.78, 5) is 13.9. The minimum Gasteiger partial charge on any atom is -0.657 e. The van der Waals surface area contributed by atoms with Crippen LogP contribution in [0.4, 0.5) is 0 Å². The fourth-order valence-corrected chi connectivity index (χ4v) is 12.7. The van der Waals surface area contributed by atoms with Gasteiger partial charge in [0.15, 0.2) is 0 Å². The van der Waals surface area contributed by atoms with Crippen LogP contribution in [0.25, 0.3) is 142 Å². The molecule has 0 saturated heterocycles. The molecule has 0 atom stereocenters. The number of hydrogen-bond acceptors (Lipinski definition) is 0. The van der Waals surface area contributed by atoms with Gasteiger partial charge in [-0.2, -0.15) is 0 Å². The summed E-state index contributed by atoms with van der Waals surface area (Å²) in [5, 5.41) is 23.4. The van der Waals surface area contributed by atoms with Crippen molar-refractivity contribution in [3.05, 3.63) is 320 Å². The van der Waals surface area contributed by atoms with Crippen molar-refractivity contribution >= 4 is 142 Å². The third-order valence-corrected chi connectivity index (χ3v) is 17.7. The van der Waals surface area contributed by atoms with Gasteiger partial charge in [0.05, 0.1) is 0 Å². The molecule has 0 N–H and O–H groups in total. The number of hydrogen-bond donors (Lipinski definition) is 0. The first kappa shape index (κ1) is 115. The van der Waals surface area contributed by atoms with Crippen LogP contribution < -0.4 is 15.0 Å². The molecule has 0 saturated carbocycles. The van der Waals surface area contributed by atoms with Crippen LogP contribution in [0.5, 0.6) is 0 Å². The summed E-state index contributed by atoms with van der Waals surface area (Å²) < 4.78 is 0. The van der Waals surface area contributed by atoms with E-state index in [0.717, 1.165) is 50.1 Å². The molecule has 585 valence electrons. The molecule has 119 heavy (non-hydrogen) atoms. The number of nitrogens with zero attached hydrogens (tertiary/aromatic N) is 3. The van der Waals surface area contributed by atoms with Crippen molar-refractivity contribution in [1.29, 1.82) is 0 Å². The average Bonchev–Trinajstić information content (AvgIpc) is 1.64. The Balaban J connectivity index is 0.000000694. The molecule has 0 amide bonds. The van der Waals surface area contributed by atoms with Gasteiger partial charge in [-0.1, -0.05) is 368 Å². The predicted molar refractivity (Wildman–Crippen MR) is 488 cm³/mol. The summed E-state index contributed by atoms with van der Waals surface area (Å²) in [7, 11) is 0. The van der Waals surface area contributed by atoms with E-state index in [2.05, 4.69) is 428 Å². The predicted octanol–water partition coefficient (Wildman–Crippen LogP) is 30.6. The summed E-state index contributed by atoms with van der Waals surface area (Å²) in [5.41, 5.74) is 11.5. The zero-order valence-corrected chi connectivity index (χ0v) is 99.1. The van der Waals surface area contributed by atoms with Crippen LogP contribution in [0.2, 0.25) is 0 Å². The number of para-hydroxylation sites is 4. The van der Waals surface area contributed by atoms with Gasteiger partial charge in [-0.3, -0.25) is 0 Å². The molecular weight excluding hydrogens is 2130 g/mol. The summed E-state index contributed by atoms with van der Waals surface area (Å²) >= 11 is 0. The topological polar surface area (TPSA) is 42.3 Å². The van der Waals surface area contributed by atoms with Crippen LogP contribution >= 0.6 is 0 Å². The quantitative estimate of drug-likeness (QED) is 0.128. The maximum Gasteiger partial charge on any atom is 0.0234 e.